The number of nitrogens with two attached hydrogens (primary N) is 1. The summed E-state index contributed by atoms with van der Waals surface area (Å²) in [6, 6.07) is 24.2. The molecule has 4 rings (SSSR count). The molecule has 3 nitrogen and oxygen atoms in total. The van der Waals surface area contributed by atoms with Gasteiger partial charge in [0.15, 0.2) is 6.04 Å². The molecule has 3 aromatic rings. The van der Waals surface area contributed by atoms with Crippen LogP contribution >= 0.6 is 11.6 Å². The number of rotatable bonds is 5. The molecule has 148 valence electrons. The number of fused-ring (bicyclic) bond motifs is 1. The molecule has 0 aliphatic heterocycles. The predicted molar refractivity (Wildman–Crippen MR) is 118 cm³/mol. The van der Waals surface area contributed by atoms with Gasteiger partial charge in [-0.1, -0.05) is 72.3 Å². The highest BCUT2D eigenvalue weighted by atomic mass is 35.5. The molecule has 0 heterocycles. The number of amides is 1. The summed E-state index contributed by atoms with van der Waals surface area (Å²) >= 11 is 6.25. The standard InChI is InChI=1S/C25H25ClN2O/c1-17-14-15-20(16-22(17)26)27-25(29)24(19-9-3-2-4-10-19)28-23-13-7-11-18-8-5-6-12-21(18)23/h2-6,8-10,12,14-16,23-24,28H,7,11,13H2,1H3,(H,27,29)/p+1/t23-,24+/m0/s1. The quantitative estimate of drug-likeness (QED) is 0.618. The van der Waals surface area contributed by atoms with Crippen LogP contribution in [0.5, 0.6) is 0 Å². The van der Waals surface area contributed by atoms with Crippen LogP contribution < -0.4 is 10.6 Å². The van der Waals surface area contributed by atoms with Crippen LogP contribution in [0.4, 0.5) is 5.69 Å². The number of benzene rings is 3. The highest BCUT2D eigenvalue weighted by Gasteiger charge is 2.31. The lowest BCUT2D eigenvalue weighted by molar-refractivity contribution is -0.723. The molecule has 3 aromatic carbocycles. The summed E-state index contributed by atoms with van der Waals surface area (Å²) in [4.78, 5) is 13.3. The number of quaternary nitrogens is 1. The Balaban J connectivity index is 1.61. The minimum absolute atomic E-state index is 0.0285. The summed E-state index contributed by atoms with van der Waals surface area (Å²) in [5.74, 6) is -0.0285. The van der Waals surface area contributed by atoms with Crippen molar-refractivity contribution in [2.75, 3.05) is 5.32 Å². The maximum absolute atomic E-state index is 13.3. The highest BCUT2D eigenvalue weighted by Crippen LogP contribution is 2.28. The summed E-state index contributed by atoms with van der Waals surface area (Å²) in [5.41, 5.74) is 5.48. The number of carbonyl (C=O) groups is 1. The smallest absolute Gasteiger partial charge is 0.287 e. The second-order valence-electron chi connectivity index (χ2n) is 7.73. The van der Waals surface area contributed by atoms with Gasteiger partial charge in [-0.05, 0) is 43.0 Å². The van der Waals surface area contributed by atoms with Crippen LogP contribution in [0.1, 0.15) is 47.2 Å². The first-order chi connectivity index (χ1) is 14.1. The molecule has 0 saturated carbocycles. The molecule has 0 fully saturated rings. The number of nitrogens with one attached hydrogen (secondary N) is 1. The van der Waals surface area contributed by atoms with Gasteiger partial charge in [0.25, 0.3) is 5.91 Å². The fourth-order valence-electron chi connectivity index (χ4n) is 4.12. The lowest BCUT2D eigenvalue weighted by atomic mass is 9.87. The van der Waals surface area contributed by atoms with Crippen LogP contribution in [0.2, 0.25) is 5.02 Å². The maximum Gasteiger partial charge on any atom is 0.287 e. The first kappa shape index (κ1) is 19.7. The van der Waals surface area contributed by atoms with Crippen LogP contribution in [0.25, 0.3) is 0 Å². The van der Waals surface area contributed by atoms with E-state index in [0.29, 0.717) is 5.02 Å². The zero-order valence-corrected chi connectivity index (χ0v) is 17.3. The van der Waals surface area contributed by atoms with Crippen molar-refractivity contribution in [3.05, 3.63) is 100 Å². The Bertz CT molecular complexity index is 1000. The number of aryl methyl sites for hydroxylation is 2. The van der Waals surface area contributed by atoms with E-state index < -0.39 is 0 Å². The Morgan fingerprint density at radius 2 is 1.83 bits per heavy atom. The van der Waals surface area contributed by atoms with Crippen molar-refractivity contribution in [3.63, 3.8) is 0 Å². The van der Waals surface area contributed by atoms with E-state index in [1.807, 2.05) is 55.5 Å². The molecule has 2 atom stereocenters. The Labute approximate surface area is 177 Å². The monoisotopic (exact) mass is 405 g/mol. The summed E-state index contributed by atoms with van der Waals surface area (Å²) in [6.45, 7) is 1.95. The van der Waals surface area contributed by atoms with Crippen LogP contribution in [-0.4, -0.2) is 5.91 Å². The number of hydrogen-bond acceptors (Lipinski definition) is 1. The number of carbonyl (C=O) groups excluding carboxylic acids is 1. The fourth-order valence-corrected chi connectivity index (χ4v) is 4.31. The molecule has 4 heteroatoms. The number of anilines is 1. The second kappa shape index (κ2) is 8.81. The average Bonchev–Trinajstić information content (AvgIpc) is 2.75. The number of hydrogen-bond donors (Lipinski definition) is 2. The normalized spacial score (nSPS) is 16.7. The van der Waals surface area contributed by atoms with Crippen molar-refractivity contribution >= 4 is 23.2 Å². The molecular formula is C25H26ClN2O+. The second-order valence-corrected chi connectivity index (χ2v) is 8.14. The molecule has 0 radical (unpaired) electrons. The first-order valence-corrected chi connectivity index (χ1v) is 10.5. The Morgan fingerprint density at radius 1 is 1.07 bits per heavy atom. The molecule has 0 saturated heterocycles. The van der Waals surface area contributed by atoms with E-state index in [1.54, 1.807) is 0 Å². The highest BCUT2D eigenvalue weighted by molar-refractivity contribution is 6.31. The summed E-state index contributed by atoms with van der Waals surface area (Å²) in [5, 5.41) is 5.94. The fraction of sp³-hybridized carbons (Fsp3) is 0.240. The Kier molecular flexibility index (Phi) is 5.98. The zero-order chi connectivity index (χ0) is 20.2. The third-order valence-corrected chi connectivity index (χ3v) is 6.13. The molecule has 0 spiro atoms. The molecule has 0 unspecified atom stereocenters. The maximum atomic E-state index is 13.3. The summed E-state index contributed by atoms with van der Waals surface area (Å²) in [7, 11) is 0. The van der Waals surface area contributed by atoms with E-state index in [1.165, 1.54) is 11.1 Å². The van der Waals surface area contributed by atoms with Gasteiger partial charge in [0, 0.05) is 28.3 Å². The van der Waals surface area contributed by atoms with E-state index in [-0.39, 0.29) is 18.0 Å². The van der Waals surface area contributed by atoms with Gasteiger partial charge < -0.3 is 10.6 Å². The van der Waals surface area contributed by atoms with Gasteiger partial charge in [-0.25, -0.2) is 0 Å². The Morgan fingerprint density at radius 3 is 2.62 bits per heavy atom. The van der Waals surface area contributed by atoms with Crippen molar-refractivity contribution in [1.82, 2.24) is 0 Å². The molecule has 1 aliphatic carbocycles. The van der Waals surface area contributed by atoms with Crippen molar-refractivity contribution in [2.45, 2.75) is 38.3 Å². The van der Waals surface area contributed by atoms with Crippen molar-refractivity contribution in [2.24, 2.45) is 0 Å². The molecule has 3 N–H and O–H groups in total. The van der Waals surface area contributed by atoms with Crippen molar-refractivity contribution in [3.8, 4) is 0 Å². The van der Waals surface area contributed by atoms with E-state index in [0.717, 1.165) is 36.1 Å². The third kappa shape index (κ3) is 4.52. The molecule has 0 aromatic heterocycles. The van der Waals surface area contributed by atoms with Crippen molar-refractivity contribution < 1.29 is 10.1 Å². The van der Waals surface area contributed by atoms with Gasteiger partial charge in [0.2, 0.25) is 0 Å². The van der Waals surface area contributed by atoms with Crippen LogP contribution in [-0.2, 0) is 11.2 Å². The first-order valence-electron chi connectivity index (χ1n) is 10.2. The van der Waals surface area contributed by atoms with E-state index in [9.17, 15) is 4.79 Å². The Hall–Kier alpha value is -2.62. The third-order valence-electron chi connectivity index (χ3n) is 5.72. The average molecular weight is 406 g/mol. The largest absolute Gasteiger partial charge is 0.326 e. The molecular weight excluding hydrogens is 380 g/mol. The van der Waals surface area contributed by atoms with Crippen LogP contribution in [0.15, 0.2) is 72.8 Å². The van der Waals surface area contributed by atoms with Crippen LogP contribution in [0, 0.1) is 6.92 Å². The van der Waals surface area contributed by atoms with E-state index in [2.05, 4.69) is 34.9 Å². The molecule has 1 amide bonds. The van der Waals surface area contributed by atoms with E-state index >= 15 is 0 Å². The van der Waals surface area contributed by atoms with E-state index in [4.69, 9.17) is 11.6 Å². The topological polar surface area (TPSA) is 45.7 Å². The minimum Gasteiger partial charge on any atom is -0.326 e. The molecule has 0 bridgehead atoms. The van der Waals surface area contributed by atoms with Crippen LogP contribution in [0.3, 0.4) is 0 Å². The predicted octanol–water partition coefficient (Wildman–Crippen LogP) is 4.97. The zero-order valence-electron chi connectivity index (χ0n) is 16.6. The lowest BCUT2D eigenvalue weighted by Crippen LogP contribution is -2.88. The summed E-state index contributed by atoms with van der Waals surface area (Å²) in [6.07, 6.45) is 3.34. The van der Waals surface area contributed by atoms with Gasteiger partial charge in [-0.15, -0.1) is 0 Å². The lowest BCUT2D eigenvalue weighted by Gasteiger charge is -2.27. The SMILES string of the molecule is Cc1ccc(NC(=O)[C@H]([NH2+][C@H]2CCCc3ccccc32)c2ccccc2)cc1Cl. The van der Waals surface area contributed by atoms with Crippen molar-refractivity contribution in [1.29, 1.82) is 0 Å². The molecule has 29 heavy (non-hydrogen) atoms. The number of halogens is 1. The summed E-state index contributed by atoms with van der Waals surface area (Å²) < 4.78 is 0. The minimum atomic E-state index is -0.326. The van der Waals surface area contributed by atoms with Gasteiger partial charge in [0.05, 0.1) is 0 Å². The van der Waals surface area contributed by atoms with Gasteiger partial charge >= 0.3 is 0 Å². The van der Waals surface area contributed by atoms with Gasteiger partial charge in [0.1, 0.15) is 6.04 Å². The van der Waals surface area contributed by atoms with Gasteiger partial charge in [-0.3, -0.25) is 4.79 Å². The van der Waals surface area contributed by atoms with Gasteiger partial charge in [-0.2, -0.15) is 0 Å². The molecule has 1 aliphatic rings.